The molecule has 2 heterocycles. The molecule has 0 unspecified atom stereocenters. The minimum absolute atomic E-state index is 0.891. The van der Waals surface area contributed by atoms with E-state index in [4.69, 9.17) is 0 Å². The normalized spacial score (nSPS) is 15.1. The first-order valence-corrected chi connectivity index (χ1v) is 16.5. The van der Waals surface area contributed by atoms with Crippen LogP contribution in [-0.4, -0.2) is 18.3 Å². The minimum atomic E-state index is -2.85. The summed E-state index contributed by atoms with van der Waals surface area (Å²) in [5.74, 6) is 0. The largest absolute Gasteiger partial charge is 0.314 e. The van der Waals surface area contributed by atoms with Crippen molar-refractivity contribution in [2.45, 2.75) is 0 Å². The second-order valence-corrected chi connectivity index (χ2v) is 14.5. The van der Waals surface area contributed by atoms with E-state index in [-0.39, 0.29) is 0 Å². The molecule has 0 atom stereocenters. The molecule has 7 rings (SSSR count). The molecular weight excluding hydrogens is 539 g/mol. The van der Waals surface area contributed by atoms with E-state index in [0.717, 1.165) is 22.6 Å². The topological polar surface area (TPSA) is 31.9 Å². The molecule has 4 heteroatoms. The number of allylic oxidation sites excluding steroid dienone is 4. The monoisotopic (exact) mass is 569 g/mol. The van der Waals surface area contributed by atoms with Crippen molar-refractivity contribution < 1.29 is 0 Å². The van der Waals surface area contributed by atoms with Crippen LogP contribution in [-0.2, 0) is 0 Å². The fraction of sp³-hybridized carbons (Fsp3) is 0. The Balaban J connectivity index is 1.54. The van der Waals surface area contributed by atoms with E-state index >= 15 is 0 Å². The molecule has 43 heavy (non-hydrogen) atoms. The van der Waals surface area contributed by atoms with Crippen LogP contribution in [0.1, 0.15) is 5.69 Å². The van der Waals surface area contributed by atoms with Gasteiger partial charge in [-0.05, 0) is 49.6 Å². The number of hydrogen-bond donors (Lipinski definition) is 1. The molecule has 1 N–H and O–H groups in total. The second kappa shape index (κ2) is 11.4. The predicted molar refractivity (Wildman–Crippen MR) is 183 cm³/mol. The number of fused-ring (bicyclic) bond motifs is 1. The number of rotatable bonds is 6. The first kappa shape index (κ1) is 26.4. The van der Waals surface area contributed by atoms with Crippen LogP contribution in [0.5, 0.6) is 0 Å². The number of nitrogens with zero attached hydrogens (tertiary/aromatic N) is 2. The van der Waals surface area contributed by atoms with E-state index in [0.29, 0.717) is 0 Å². The van der Waals surface area contributed by atoms with Gasteiger partial charge in [0.1, 0.15) is 0 Å². The van der Waals surface area contributed by atoms with Gasteiger partial charge in [0.25, 0.3) is 0 Å². The van der Waals surface area contributed by atoms with Crippen molar-refractivity contribution in [2.24, 2.45) is 0 Å². The van der Waals surface area contributed by atoms with Crippen LogP contribution >= 0.6 is 0 Å². The first-order chi connectivity index (χ1) is 21.2. The lowest BCUT2D eigenvalue weighted by Gasteiger charge is -2.37. The number of aromatic amines is 1. The Morgan fingerprint density at radius 1 is 0.558 bits per heavy atom. The van der Waals surface area contributed by atoms with Gasteiger partial charge in [-0.1, -0.05) is 152 Å². The number of hydrogen-bond acceptors (Lipinski definition) is 2. The second-order valence-electron chi connectivity index (χ2n) is 10.7. The van der Waals surface area contributed by atoms with E-state index < -0.39 is 8.07 Å². The van der Waals surface area contributed by atoms with Crippen LogP contribution in [0.2, 0.25) is 0 Å². The molecule has 0 saturated carbocycles. The van der Waals surface area contributed by atoms with Gasteiger partial charge in [0.05, 0.1) is 17.6 Å². The molecule has 0 fully saturated rings. The van der Waals surface area contributed by atoms with Crippen molar-refractivity contribution in [2.75, 3.05) is 4.90 Å². The third-order valence-corrected chi connectivity index (χ3v) is 13.0. The number of H-pyrrole nitrogens is 1. The first-order valence-electron chi connectivity index (χ1n) is 14.5. The van der Waals surface area contributed by atoms with E-state index in [9.17, 15) is 0 Å². The summed E-state index contributed by atoms with van der Waals surface area (Å²) < 4.78 is 0. The van der Waals surface area contributed by atoms with Gasteiger partial charge in [-0.2, -0.15) is 5.10 Å². The van der Waals surface area contributed by atoms with Gasteiger partial charge < -0.3 is 4.90 Å². The third kappa shape index (κ3) is 4.78. The van der Waals surface area contributed by atoms with Crippen LogP contribution < -0.4 is 20.5 Å². The molecule has 6 aromatic rings. The molecule has 1 aliphatic rings. The SMILES string of the molecule is C=C1/C=C\C([Si](c2ccccc2)(c2ccccc2)c2ccc(-c3ccccc3)cc2)=C/N(c2ccccc2)c2cn[nH]c21. The van der Waals surface area contributed by atoms with Crippen LogP contribution in [0.4, 0.5) is 11.4 Å². The van der Waals surface area contributed by atoms with E-state index in [1.165, 1.54) is 31.9 Å². The molecule has 1 aromatic heterocycles. The highest BCUT2D eigenvalue weighted by atomic mass is 28.3. The number of anilines is 2. The summed E-state index contributed by atoms with van der Waals surface area (Å²) in [7, 11) is -2.85. The Labute approximate surface area is 253 Å². The number of para-hydroxylation sites is 1. The molecule has 0 aliphatic carbocycles. The maximum Gasteiger partial charge on any atom is 0.181 e. The Hall–Kier alpha value is -5.45. The Morgan fingerprint density at radius 2 is 1.07 bits per heavy atom. The number of aromatic nitrogens is 2. The molecule has 0 saturated heterocycles. The van der Waals surface area contributed by atoms with Gasteiger partial charge in [0, 0.05) is 11.9 Å². The summed E-state index contributed by atoms with van der Waals surface area (Å²) in [5, 5.41) is 12.8. The van der Waals surface area contributed by atoms with Crippen LogP contribution in [0.25, 0.3) is 16.7 Å². The molecule has 3 nitrogen and oxygen atoms in total. The van der Waals surface area contributed by atoms with Gasteiger partial charge in [-0.15, -0.1) is 0 Å². The van der Waals surface area contributed by atoms with Crippen molar-refractivity contribution in [1.29, 1.82) is 0 Å². The van der Waals surface area contributed by atoms with Crippen molar-refractivity contribution >= 4 is 40.6 Å². The standard InChI is InChI=1S/C39H31N3Si/c1-30-22-25-37(29-42(33-16-8-3-9-17-33)38-28-40-41-39(30)38)43(34-18-10-4-11-19-34,35-20-12-5-13-21-35)36-26-23-32(24-27-36)31-14-6-2-7-15-31/h2-29H,1H2,(H,40,41)/b25-22-,37-29+. The fourth-order valence-corrected chi connectivity index (χ4v) is 10.9. The maximum atomic E-state index is 4.44. The predicted octanol–water partition coefficient (Wildman–Crippen LogP) is 7.39. The van der Waals surface area contributed by atoms with Gasteiger partial charge >= 0.3 is 0 Å². The lowest BCUT2D eigenvalue weighted by molar-refractivity contribution is 1.08. The summed E-state index contributed by atoms with van der Waals surface area (Å²) in [6, 6.07) is 52.3. The average Bonchev–Trinajstić information content (AvgIpc) is 3.57. The minimum Gasteiger partial charge on any atom is -0.314 e. The highest BCUT2D eigenvalue weighted by Crippen LogP contribution is 2.35. The summed E-state index contributed by atoms with van der Waals surface area (Å²) in [6.07, 6.45) is 8.63. The van der Waals surface area contributed by atoms with Crippen molar-refractivity contribution in [1.82, 2.24) is 10.2 Å². The Kier molecular flexibility index (Phi) is 7.03. The average molecular weight is 570 g/mol. The van der Waals surface area contributed by atoms with Crippen molar-refractivity contribution in [3.8, 4) is 11.1 Å². The zero-order valence-corrected chi connectivity index (χ0v) is 24.8. The highest BCUT2D eigenvalue weighted by Gasteiger charge is 2.43. The molecule has 5 aromatic carbocycles. The lowest BCUT2D eigenvalue weighted by Crippen LogP contribution is -2.68. The van der Waals surface area contributed by atoms with Crippen LogP contribution in [0.3, 0.4) is 0 Å². The molecular formula is C39H31N3Si. The summed E-state index contributed by atoms with van der Waals surface area (Å²) in [6.45, 7) is 4.44. The molecule has 0 amide bonds. The Bertz CT molecular complexity index is 1870. The maximum absolute atomic E-state index is 4.44. The zero-order valence-electron chi connectivity index (χ0n) is 23.8. The molecule has 206 valence electrons. The van der Waals surface area contributed by atoms with E-state index in [1.54, 1.807) is 0 Å². The van der Waals surface area contributed by atoms with Crippen LogP contribution in [0.15, 0.2) is 182 Å². The van der Waals surface area contributed by atoms with Crippen molar-refractivity contribution in [3.63, 3.8) is 0 Å². The molecule has 1 aliphatic heterocycles. The smallest absolute Gasteiger partial charge is 0.181 e. The quantitative estimate of drug-likeness (QED) is 0.168. The highest BCUT2D eigenvalue weighted by molar-refractivity contribution is 7.16. The van der Waals surface area contributed by atoms with Gasteiger partial charge in [0.2, 0.25) is 0 Å². The number of nitrogens with one attached hydrogen (secondary N) is 1. The molecule has 0 spiro atoms. The third-order valence-electron chi connectivity index (χ3n) is 8.24. The summed E-state index contributed by atoms with van der Waals surface area (Å²) >= 11 is 0. The van der Waals surface area contributed by atoms with Gasteiger partial charge in [-0.3, -0.25) is 5.10 Å². The van der Waals surface area contributed by atoms with E-state index in [1.807, 2.05) is 6.20 Å². The van der Waals surface area contributed by atoms with Gasteiger partial charge in [-0.25, -0.2) is 0 Å². The van der Waals surface area contributed by atoms with Gasteiger partial charge in [0.15, 0.2) is 8.07 Å². The van der Waals surface area contributed by atoms with Crippen molar-refractivity contribution in [3.05, 3.63) is 188 Å². The molecule has 0 bridgehead atoms. The van der Waals surface area contributed by atoms with Crippen LogP contribution in [0, 0.1) is 0 Å². The van der Waals surface area contributed by atoms with E-state index in [2.05, 4.69) is 186 Å². The zero-order chi connectivity index (χ0) is 29.1. The lowest BCUT2D eigenvalue weighted by atomic mass is 10.1. The fourth-order valence-electron chi connectivity index (χ4n) is 6.17. The summed E-state index contributed by atoms with van der Waals surface area (Å²) in [5.41, 5.74) is 6.26. The Morgan fingerprint density at radius 3 is 1.67 bits per heavy atom. The number of benzene rings is 5. The summed E-state index contributed by atoms with van der Waals surface area (Å²) in [4.78, 5) is 2.26. The molecule has 0 radical (unpaired) electrons.